The Hall–Kier alpha value is -2.83. The SMILES string of the molecule is Nc1cc(F)c(F)cc1-c1nc(-c2ccccc2F)no1. The number of nitrogens with zero attached hydrogens (tertiary/aromatic N) is 2. The molecule has 0 aliphatic rings. The lowest BCUT2D eigenvalue weighted by Gasteiger charge is -2.01. The number of aromatic nitrogens is 2. The van der Waals surface area contributed by atoms with Crippen LogP contribution < -0.4 is 5.73 Å². The third-order valence-corrected chi connectivity index (χ3v) is 2.86. The van der Waals surface area contributed by atoms with E-state index in [1.807, 2.05) is 0 Å². The van der Waals surface area contributed by atoms with E-state index in [4.69, 9.17) is 10.3 Å². The van der Waals surface area contributed by atoms with Crippen molar-refractivity contribution >= 4 is 5.69 Å². The smallest absolute Gasteiger partial charge is 0.260 e. The molecule has 0 aliphatic carbocycles. The van der Waals surface area contributed by atoms with Gasteiger partial charge < -0.3 is 10.3 Å². The lowest BCUT2D eigenvalue weighted by molar-refractivity contribution is 0.431. The second kappa shape index (κ2) is 4.93. The van der Waals surface area contributed by atoms with Crippen molar-refractivity contribution in [1.29, 1.82) is 0 Å². The van der Waals surface area contributed by atoms with Crippen LogP contribution >= 0.6 is 0 Å². The van der Waals surface area contributed by atoms with Gasteiger partial charge in [-0.15, -0.1) is 0 Å². The summed E-state index contributed by atoms with van der Waals surface area (Å²) < 4.78 is 44.9. The molecular weight excluding hydrogens is 283 g/mol. The van der Waals surface area contributed by atoms with Crippen molar-refractivity contribution < 1.29 is 17.7 Å². The van der Waals surface area contributed by atoms with Gasteiger partial charge in [-0.05, 0) is 18.2 Å². The molecule has 1 heterocycles. The number of hydrogen-bond donors (Lipinski definition) is 1. The topological polar surface area (TPSA) is 64.9 Å². The fraction of sp³-hybridized carbons (Fsp3) is 0. The highest BCUT2D eigenvalue weighted by Gasteiger charge is 2.17. The Balaban J connectivity index is 2.07. The Bertz CT molecular complexity index is 817. The molecule has 3 aromatic rings. The zero-order valence-corrected chi connectivity index (χ0v) is 10.5. The maximum absolute atomic E-state index is 13.6. The molecule has 4 nitrogen and oxygen atoms in total. The van der Waals surface area contributed by atoms with Crippen molar-refractivity contribution in [2.75, 3.05) is 5.73 Å². The molecular formula is C14H8F3N3O. The molecule has 1 aromatic heterocycles. The first-order valence-electron chi connectivity index (χ1n) is 5.90. The normalized spacial score (nSPS) is 10.8. The zero-order chi connectivity index (χ0) is 15.0. The van der Waals surface area contributed by atoms with Gasteiger partial charge in [-0.3, -0.25) is 0 Å². The van der Waals surface area contributed by atoms with E-state index in [-0.39, 0.29) is 28.5 Å². The van der Waals surface area contributed by atoms with Gasteiger partial charge in [0.1, 0.15) is 5.82 Å². The molecule has 0 fully saturated rings. The molecule has 0 spiro atoms. The van der Waals surface area contributed by atoms with Crippen LogP contribution in [0.1, 0.15) is 0 Å². The average molecular weight is 291 g/mol. The van der Waals surface area contributed by atoms with Gasteiger partial charge in [0.05, 0.1) is 11.1 Å². The standard InChI is InChI=1S/C14H8F3N3O/c15-9-4-2-1-3-7(9)13-19-14(21-20-13)8-5-10(16)11(17)6-12(8)18/h1-6H,18H2. The Kier molecular flexibility index (Phi) is 3.09. The predicted octanol–water partition coefficient (Wildman–Crippen LogP) is 3.40. The van der Waals surface area contributed by atoms with E-state index in [2.05, 4.69) is 10.1 Å². The second-order valence-corrected chi connectivity index (χ2v) is 4.26. The van der Waals surface area contributed by atoms with Crippen LogP contribution in [0.2, 0.25) is 0 Å². The molecule has 106 valence electrons. The van der Waals surface area contributed by atoms with Crippen LogP contribution in [0.25, 0.3) is 22.8 Å². The minimum atomic E-state index is -1.09. The van der Waals surface area contributed by atoms with E-state index in [1.165, 1.54) is 18.2 Å². The van der Waals surface area contributed by atoms with E-state index in [1.54, 1.807) is 6.07 Å². The van der Waals surface area contributed by atoms with Crippen molar-refractivity contribution in [3.8, 4) is 22.8 Å². The quantitative estimate of drug-likeness (QED) is 0.735. The summed E-state index contributed by atoms with van der Waals surface area (Å²) >= 11 is 0. The molecule has 0 saturated carbocycles. The van der Waals surface area contributed by atoms with Crippen molar-refractivity contribution in [1.82, 2.24) is 10.1 Å². The van der Waals surface area contributed by atoms with Crippen LogP contribution in [0.4, 0.5) is 18.9 Å². The van der Waals surface area contributed by atoms with E-state index in [0.717, 1.165) is 12.1 Å². The van der Waals surface area contributed by atoms with Crippen LogP contribution in [0, 0.1) is 17.5 Å². The third kappa shape index (κ3) is 2.33. The van der Waals surface area contributed by atoms with Gasteiger partial charge in [0, 0.05) is 11.8 Å². The van der Waals surface area contributed by atoms with E-state index in [9.17, 15) is 13.2 Å². The summed E-state index contributed by atoms with van der Waals surface area (Å²) in [5, 5.41) is 3.62. The van der Waals surface area contributed by atoms with E-state index in [0.29, 0.717) is 0 Å². The Labute approximate surface area is 117 Å². The summed E-state index contributed by atoms with van der Waals surface area (Å²) in [4.78, 5) is 3.96. The van der Waals surface area contributed by atoms with Gasteiger partial charge in [-0.25, -0.2) is 13.2 Å². The number of nitrogens with two attached hydrogens (primary N) is 1. The first kappa shape index (κ1) is 13.2. The molecule has 0 aliphatic heterocycles. The molecule has 0 radical (unpaired) electrons. The molecule has 0 unspecified atom stereocenters. The van der Waals surface area contributed by atoms with Gasteiger partial charge >= 0.3 is 0 Å². The number of anilines is 1. The predicted molar refractivity (Wildman–Crippen MR) is 69.5 cm³/mol. The highest BCUT2D eigenvalue weighted by molar-refractivity contribution is 5.71. The molecule has 3 rings (SSSR count). The number of hydrogen-bond acceptors (Lipinski definition) is 4. The number of benzene rings is 2. The first-order chi connectivity index (χ1) is 10.1. The largest absolute Gasteiger partial charge is 0.398 e. The van der Waals surface area contributed by atoms with Crippen LogP contribution in [-0.4, -0.2) is 10.1 Å². The highest BCUT2D eigenvalue weighted by atomic mass is 19.2. The van der Waals surface area contributed by atoms with Gasteiger partial charge in [-0.2, -0.15) is 4.98 Å². The summed E-state index contributed by atoms with van der Waals surface area (Å²) in [6.07, 6.45) is 0. The lowest BCUT2D eigenvalue weighted by Crippen LogP contribution is -1.95. The van der Waals surface area contributed by atoms with Crippen molar-refractivity contribution in [2.24, 2.45) is 0 Å². The Morgan fingerprint density at radius 1 is 0.905 bits per heavy atom. The van der Waals surface area contributed by atoms with Crippen LogP contribution in [0.3, 0.4) is 0 Å². The molecule has 0 bridgehead atoms. The number of halogens is 3. The highest BCUT2D eigenvalue weighted by Crippen LogP contribution is 2.29. The molecule has 2 aromatic carbocycles. The number of rotatable bonds is 2. The minimum Gasteiger partial charge on any atom is -0.398 e. The van der Waals surface area contributed by atoms with Gasteiger partial charge in [0.15, 0.2) is 11.6 Å². The molecule has 0 atom stereocenters. The van der Waals surface area contributed by atoms with Gasteiger partial charge in [0.25, 0.3) is 5.89 Å². The van der Waals surface area contributed by atoms with Crippen molar-refractivity contribution in [3.63, 3.8) is 0 Å². The lowest BCUT2D eigenvalue weighted by atomic mass is 10.1. The van der Waals surface area contributed by atoms with Crippen molar-refractivity contribution in [2.45, 2.75) is 0 Å². The van der Waals surface area contributed by atoms with E-state index < -0.39 is 17.5 Å². The average Bonchev–Trinajstić information content (AvgIpc) is 2.92. The van der Waals surface area contributed by atoms with E-state index >= 15 is 0 Å². The monoisotopic (exact) mass is 291 g/mol. The summed E-state index contributed by atoms with van der Waals surface area (Å²) in [6.45, 7) is 0. The third-order valence-electron chi connectivity index (χ3n) is 2.86. The minimum absolute atomic E-state index is 0.00719. The maximum atomic E-state index is 13.6. The summed E-state index contributed by atoms with van der Waals surface area (Å²) in [6, 6.07) is 7.52. The zero-order valence-electron chi connectivity index (χ0n) is 10.5. The molecule has 21 heavy (non-hydrogen) atoms. The fourth-order valence-corrected chi connectivity index (χ4v) is 1.83. The van der Waals surface area contributed by atoms with Crippen LogP contribution in [0.5, 0.6) is 0 Å². The second-order valence-electron chi connectivity index (χ2n) is 4.26. The van der Waals surface area contributed by atoms with Gasteiger partial charge in [-0.1, -0.05) is 17.3 Å². The number of nitrogen functional groups attached to an aromatic ring is 1. The van der Waals surface area contributed by atoms with Gasteiger partial charge in [0.2, 0.25) is 5.82 Å². The summed E-state index contributed by atoms with van der Waals surface area (Å²) in [5.41, 5.74) is 5.71. The van der Waals surface area contributed by atoms with Crippen molar-refractivity contribution in [3.05, 3.63) is 53.8 Å². The summed E-state index contributed by atoms with van der Waals surface area (Å²) in [7, 11) is 0. The molecule has 0 amide bonds. The first-order valence-corrected chi connectivity index (χ1v) is 5.90. The Morgan fingerprint density at radius 3 is 2.38 bits per heavy atom. The van der Waals surface area contributed by atoms with Crippen LogP contribution in [0.15, 0.2) is 40.9 Å². The maximum Gasteiger partial charge on any atom is 0.260 e. The van der Waals surface area contributed by atoms with Crippen LogP contribution in [-0.2, 0) is 0 Å². The summed E-state index contributed by atoms with van der Waals surface area (Å²) in [5.74, 6) is -2.82. The molecule has 7 heteroatoms. The fourth-order valence-electron chi connectivity index (χ4n) is 1.83. The Morgan fingerprint density at radius 2 is 1.62 bits per heavy atom. The molecule has 2 N–H and O–H groups in total. The molecule has 0 saturated heterocycles.